The molecule has 0 aliphatic rings. The molecule has 0 spiro atoms. The van der Waals surface area contributed by atoms with E-state index in [1.54, 1.807) is 11.6 Å². The van der Waals surface area contributed by atoms with E-state index in [9.17, 15) is 32.9 Å². The number of aromatic nitrogens is 5. The number of furan rings is 1. The molecule has 0 atom stereocenters. The van der Waals surface area contributed by atoms with Crippen molar-refractivity contribution in [2.24, 2.45) is 5.73 Å². The van der Waals surface area contributed by atoms with Crippen LogP contribution in [0.4, 0.5) is 24.7 Å². The number of aryl methyl sites for hydroxylation is 1. The average Bonchev–Trinajstić information content (AvgIpc) is 3.69. The Kier molecular flexibility index (Phi) is 7.35. The molecule has 0 unspecified atom stereocenters. The van der Waals surface area contributed by atoms with Crippen molar-refractivity contribution in [2.45, 2.75) is 33.1 Å². The summed E-state index contributed by atoms with van der Waals surface area (Å²) >= 11 is 3.66. The van der Waals surface area contributed by atoms with Gasteiger partial charge in [-0.15, -0.1) is 11.3 Å². The summed E-state index contributed by atoms with van der Waals surface area (Å²) in [6.07, 6.45) is -2.03. The van der Waals surface area contributed by atoms with E-state index in [0.29, 0.717) is 29.1 Å². The molecule has 0 saturated carbocycles. The molecule has 2 amide bonds. The van der Waals surface area contributed by atoms with Crippen LogP contribution in [0.25, 0.3) is 21.3 Å². The van der Waals surface area contributed by atoms with Gasteiger partial charge >= 0.3 is 12.0 Å². The van der Waals surface area contributed by atoms with Crippen molar-refractivity contribution in [1.82, 2.24) is 24.5 Å². The number of thiophene rings is 1. The third-order valence-corrected chi connectivity index (χ3v) is 7.84. The summed E-state index contributed by atoms with van der Waals surface area (Å²) in [6, 6.07) is 3.61. The molecule has 0 aromatic carbocycles. The van der Waals surface area contributed by atoms with Gasteiger partial charge in [0.05, 0.1) is 23.2 Å². The lowest BCUT2D eigenvalue weighted by atomic mass is 10.0. The van der Waals surface area contributed by atoms with Crippen LogP contribution in [0.2, 0.25) is 0 Å². The third-order valence-electron chi connectivity index (χ3n) is 6.18. The number of nitrogens with zero attached hydrogens (tertiary/aromatic N) is 6. The molecule has 5 aromatic heterocycles. The van der Waals surface area contributed by atoms with Crippen molar-refractivity contribution in [3.05, 3.63) is 73.0 Å². The van der Waals surface area contributed by atoms with Crippen molar-refractivity contribution in [2.75, 3.05) is 5.32 Å². The molecule has 0 radical (unpaired) electrons. The zero-order chi connectivity index (χ0) is 30.5. The van der Waals surface area contributed by atoms with Crippen LogP contribution in [-0.2, 0) is 19.3 Å². The van der Waals surface area contributed by atoms with Crippen molar-refractivity contribution in [3.8, 4) is 11.1 Å². The number of primary amides is 1. The number of rotatable bonds is 8. The first-order valence-electron chi connectivity index (χ1n) is 11.9. The average molecular weight is 667 g/mol. The fourth-order valence-corrected chi connectivity index (χ4v) is 5.76. The van der Waals surface area contributed by atoms with Crippen LogP contribution in [0.1, 0.15) is 44.3 Å². The second kappa shape index (κ2) is 10.7. The minimum Gasteiger partial charge on any atom is -0.454 e. The molecule has 5 rings (SSSR count). The number of halogens is 4. The van der Waals surface area contributed by atoms with E-state index in [1.807, 2.05) is 6.92 Å². The fourth-order valence-electron chi connectivity index (χ4n) is 4.29. The topological polar surface area (TPSA) is 177 Å². The van der Waals surface area contributed by atoms with Gasteiger partial charge in [-0.05, 0) is 58.5 Å². The van der Waals surface area contributed by atoms with Crippen LogP contribution in [0, 0.1) is 17.0 Å². The summed E-state index contributed by atoms with van der Waals surface area (Å²) in [5.41, 5.74) is 5.19. The minimum absolute atomic E-state index is 0.0505. The minimum atomic E-state index is -4.80. The maximum Gasteiger partial charge on any atom is 0.433 e. The van der Waals surface area contributed by atoms with Gasteiger partial charge in [-0.2, -0.15) is 23.0 Å². The molecular formula is C24H18BrF3N8O5S. The lowest BCUT2D eigenvalue weighted by molar-refractivity contribution is -0.390. The van der Waals surface area contributed by atoms with Gasteiger partial charge in [0.2, 0.25) is 0 Å². The molecule has 42 heavy (non-hydrogen) atoms. The first-order valence-corrected chi connectivity index (χ1v) is 13.5. The summed E-state index contributed by atoms with van der Waals surface area (Å²) in [4.78, 5) is 39.3. The van der Waals surface area contributed by atoms with Gasteiger partial charge in [0.1, 0.15) is 32.2 Å². The maximum atomic E-state index is 13.8. The highest BCUT2D eigenvalue weighted by Gasteiger charge is 2.35. The number of pyridine rings is 1. The van der Waals surface area contributed by atoms with Crippen molar-refractivity contribution in [3.63, 3.8) is 0 Å². The number of amides is 2. The Morgan fingerprint density at radius 3 is 2.62 bits per heavy atom. The largest absolute Gasteiger partial charge is 0.454 e. The number of hydrogen-bond acceptors (Lipinski definition) is 9. The van der Waals surface area contributed by atoms with Crippen LogP contribution in [-0.4, -0.2) is 41.3 Å². The number of nitrogens with two attached hydrogens (primary N) is 1. The number of fused-ring (bicyclic) bond motifs is 1. The van der Waals surface area contributed by atoms with Gasteiger partial charge in [0.25, 0.3) is 11.8 Å². The molecule has 0 aliphatic carbocycles. The second-order valence-electron chi connectivity index (χ2n) is 8.84. The van der Waals surface area contributed by atoms with Gasteiger partial charge in [-0.25, -0.2) is 4.98 Å². The summed E-state index contributed by atoms with van der Waals surface area (Å²) in [5, 5.41) is 21.7. The molecule has 5 aromatic rings. The predicted molar refractivity (Wildman–Crippen MR) is 147 cm³/mol. The highest BCUT2D eigenvalue weighted by atomic mass is 79.9. The maximum absolute atomic E-state index is 13.8. The van der Waals surface area contributed by atoms with Crippen molar-refractivity contribution >= 4 is 60.8 Å². The number of anilines is 1. The Hall–Kier alpha value is -4.58. The molecule has 13 nitrogen and oxygen atoms in total. The van der Waals surface area contributed by atoms with Crippen LogP contribution >= 0.6 is 27.3 Å². The molecule has 3 N–H and O–H groups in total. The smallest absolute Gasteiger partial charge is 0.433 e. The Labute approximate surface area is 245 Å². The van der Waals surface area contributed by atoms with Crippen LogP contribution in [0.3, 0.4) is 0 Å². The first kappa shape index (κ1) is 28.9. The molecule has 0 bridgehead atoms. The monoisotopic (exact) mass is 666 g/mol. The highest BCUT2D eigenvalue weighted by molar-refractivity contribution is 9.10. The lowest BCUT2D eigenvalue weighted by Gasteiger charge is -2.12. The summed E-state index contributed by atoms with van der Waals surface area (Å²) in [6.45, 7) is 3.90. The van der Waals surface area contributed by atoms with Crippen LogP contribution in [0.5, 0.6) is 0 Å². The number of carbonyl (C=O) groups is 2. The molecule has 18 heteroatoms. The molecule has 0 saturated heterocycles. The van der Waals surface area contributed by atoms with Gasteiger partial charge in [0, 0.05) is 23.2 Å². The SMILES string of the molecule is CCn1ncc(-c2cc(C(F)(F)F)nc3sc(C(N)=O)c(NC(=O)c4ccc(Cn5cc(Br)c([N+](=O)[O-])n5)o4)c23)c1C. The number of hydrogen-bond donors (Lipinski definition) is 2. The number of nitrogens with one attached hydrogen (secondary N) is 1. The zero-order valence-corrected chi connectivity index (χ0v) is 23.9. The Morgan fingerprint density at radius 2 is 2.02 bits per heavy atom. The van der Waals surface area contributed by atoms with Crippen molar-refractivity contribution < 1.29 is 32.1 Å². The lowest BCUT2D eigenvalue weighted by Crippen LogP contribution is -2.16. The Bertz CT molecular complexity index is 1890. The summed E-state index contributed by atoms with van der Waals surface area (Å²) < 4.78 is 50.0. The standard InChI is InChI=1S/C24H18BrF3N8O5S/c1-3-35-10(2)13(7-30-35)12-6-16(24(26,27)28)31-23-17(12)18(19(42-23)20(29)37)32-22(38)15-5-4-11(41-15)8-34-9-14(25)21(33-34)36(39)40/h4-7,9H,3,8H2,1-2H3,(H2,29,37)(H,32,38). The van der Waals surface area contributed by atoms with E-state index >= 15 is 0 Å². The number of alkyl halides is 3. The molecular weight excluding hydrogens is 649 g/mol. The second-order valence-corrected chi connectivity index (χ2v) is 10.7. The van der Waals surface area contributed by atoms with Gasteiger partial charge in [-0.1, -0.05) is 0 Å². The highest BCUT2D eigenvalue weighted by Crippen LogP contribution is 2.44. The first-order chi connectivity index (χ1) is 19.8. The van der Waals surface area contributed by atoms with Gasteiger partial charge in [0.15, 0.2) is 5.76 Å². The summed E-state index contributed by atoms with van der Waals surface area (Å²) in [5.74, 6) is -2.21. The Balaban J connectivity index is 1.57. The number of nitro groups is 1. The fraction of sp³-hybridized carbons (Fsp3) is 0.208. The van der Waals surface area contributed by atoms with Crippen molar-refractivity contribution in [1.29, 1.82) is 0 Å². The van der Waals surface area contributed by atoms with E-state index in [2.05, 4.69) is 36.4 Å². The summed E-state index contributed by atoms with van der Waals surface area (Å²) in [7, 11) is 0. The van der Waals surface area contributed by atoms with Gasteiger partial charge in [-0.3, -0.25) is 14.3 Å². The third kappa shape index (κ3) is 5.25. The normalized spacial score (nSPS) is 11.8. The van der Waals surface area contributed by atoms with Crippen LogP contribution in [0.15, 0.2) is 39.5 Å². The molecule has 5 heterocycles. The number of carbonyl (C=O) groups excluding carboxylic acids is 2. The van der Waals surface area contributed by atoms with Crippen LogP contribution < -0.4 is 11.1 Å². The quantitative estimate of drug-likeness (QED) is 0.164. The van der Waals surface area contributed by atoms with E-state index in [1.165, 1.54) is 29.2 Å². The van der Waals surface area contributed by atoms with Gasteiger partial charge < -0.3 is 25.6 Å². The Morgan fingerprint density at radius 1 is 1.29 bits per heavy atom. The predicted octanol–water partition coefficient (Wildman–Crippen LogP) is 5.37. The van der Waals surface area contributed by atoms with E-state index in [4.69, 9.17) is 10.2 Å². The molecule has 0 aliphatic heterocycles. The van der Waals surface area contributed by atoms with E-state index in [0.717, 1.165) is 6.07 Å². The van der Waals surface area contributed by atoms with E-state index < -0.39 is 34.4 Å². The molecule has 0 fully saturated rings. The van der Waals surface area contributed by atoms with E-state index in [-0.39, 0.29) is 48.9 Å². The zero-order valence-electron chi connectivity index (χ0n) is 21.5. The molecule has 218 valence electrons.